The number of rotatable bonds is 7. The third-order valence-corrected chi connectivity index (χ3v) is 4.66. The van der Waals surface area contributed by atoms with E-state index in [-0.39, 0.29) is 18.5 Å². The van der Waals surface area contributed by atoms with Crippen molar-refractivity contribution in [2.24, 2.45) is 0 Å². The van der Waals surface area contributed by atoms with Crippen molar-refractivity contribution in [3.05, 3.63) is 52.6 Å². The topological polar surface area (TPSA) is 54.3 Å². The summed E-state index contributed by atoms with van der Waals surface area (Å²) in [5.41, 5.74) is 1.76. The molecule has 8 heteroatoms. The van der Waals surface area contributed by atoms with Crippen LogP contribution in [0.2, 0.25) is 0 Å². The molecule has 0 aliphatic rings. The van der Waals surface area contributed by atoms with Crippen molar-refractivity contribution in [1.29, 1.82) is 0 Å². The molecular formula is C21H26F3N3O2. The van der Waals surface area contributed by atoms with E-state index in [1.807, 2.05) is 39.2 Å². The summed E-state index contributed by atoms with van der Waals surface area (Å²) in [7, 11) is 0. The highest BCUT2D eigenvalue weighted by molar-refractivity contribution is 6.00. The Morgan fingerprint density at radius 3 is 2.34 bits per heavy atom. The Morgan fingerprint density at radius 2 is 1.79 bits per heavy atom. The quantitative estimate of drug-likeness (QED) is 0.680. The fourth-order valence-electron chi connectivity index (χ4n) is 3.47. The molecule has 1 aromatic carbocycles. The lowest BCUT2D eigenvalue weighted by Crippen LogP contribution is -2.38. The lowest BCUT2D eigenvalue weighted by molar-refractivity contribution is -0.116. The van der Waals surface area contributed by atoms with Crippen LogP contribution < -0.4 is 5.32 Å². The summed E-state index contributed by atoms with van der Waals surface area (Å²) in [6, 6.07) is 3.63. The number of hydrogen-bond acceptors (Lipinski definition) is 2. The summed E-state index contributed by atoms with van der Waals surface area (Å²) in [5.74, 6) is -5.50. The number of amides is 2. The van der Waals surface area contributed by atoms with Gasteiger partial charge in [-0.2, -0.15) is 0 Å². The number of nitrogens with zero attached hydrogens (tertiary/aromatic N) is 2. The molecule has 0 fully saturated rings. The highest BCUT2D eigenvalue weighted by Gasteiger charge is 2.24. The first-order valence-corrected chi connectivity index (χ1v) is 9.49. The number of carbonyl (C=O) groups excluding carboxylic acids is 2. The molecule has 2 amide bonds. The minimum Gasteiger partial charge on any atom is -0.346 e. The molecule has 0 saturated heterocycles. The largest absolute Gasteiger partial charge is 0.346 e. The van der Waals surface area contributed by atoms with Gasteiger partial charge in [0.1, 0.15) is 6.54 Å². The van der Waals surface area contributed by atoms with E-state index in [1.165, 1.54) is 4.90 Å². The van der Waals surface area contributed by atoms with Crippen LogP contribution in [-0.4, -0.2) is 34.4 Å². The van der Waals surface area contributed by atoms with Crippen molar-refractivity contribution in [3.63, 3.8) is 0 Å². The Bertz CT molecular complexity index is 922. The molecule has 0 spiro atoms. The van der Waals surface area contributed by atoms with Crippen molar-refractivity contribution in [3.8, 4) is 0 Å². The first-order chi connectivity index (χ1) is 13.6. The summed E-state index contributed by atoms with van der Waals surface area (Å²) in [5, 5.41) is 2.20. The molecule has 158 valence electrons. The van der Waals surface area contributed by atoms with Crippen LogP contribution in [0.25, 0.3) is 0 Å². The highest BCUT2D eigenvalue weighted by Crippen LogP contribution is 2.22. The molecule has 1 N–H and O–H groups in total. The third-order valence-electron chi connectivity index (χ3n) is 4.66. The predicted octanol–water partition coefficient (Wildman–Crippen LogP) is 4.59. The lowest BCUT2D eigenvalue weighted by atomic mass is 10.2. The van der Waals surface area contributed by atoms with E-state index in [9.17, 15) is 22.8 Å². The van der Waals surface area contributed by atoms with Gasteiger partial charge in [-0.3, -0.25) is 9.59 Å². The van der Waals surface area contributed by atoms with Crippen molar-refractivity contribution >= 4 is 17.5 Å². The van der Waals surface area contributed by atoms with Gasteiger partial charge in [0, 0.05) is 24.0 Å². The van der Waals surface area contributed by atoms with Gasteiger partial charge in [0.25, 0.3) is 5.91 Å². The zero-order valence-corrected chi connectivity index (χ0v) is 17.3. The van der Waals surface area contributed by atoms with E-state index in [2.05, 4.69) is 5.32 Å². The van der Waals surface area contributed by atoms with Gasteiger partial charge < -0.3 is 14.8 Å². The van der Waals surface area contributed by atoms with Gasteiger partial charge in [-0.25, -0.2) is 13.2 Å². The average Bonchev–Trinajstić information content (AvgIpc) is 2.95. The van der Waals surface area contributed by atoms with Crippen molar-refractivity contribution < 1.29 is 22.8 Å². The fraction of sp³-hybridized carbons (Fsp3) is 0.429. The summed E-state index contributed by atoms with van der Waals surface area (Å²) in [6.07, 6.45) is 0.613. The highest BCUT2D eigenvalue weighted by atomic mass is 19.2. The number of hydrogen-bond donors (Lipinski definition) is 1. The number of nitrogens with one attached hydrogen (secondary N) is 1. The van der Waals surface area contributed by atoms with Crippen molar-refractivity contribution in [2.45, 2.75) is 47.1 Å². The Hall–Kier alpha value is -2.77. The molecule has 0 atom stereocenters. The lowest BCUT2D eigenvalue weighted by Gasteiger charge is -2.22. The monoisotopic (exact) mass is 409 g/mol. The van der Waals surface area contributed by atoms with Crippen LogP contribution in [0, 0.1) is 31.3 Å². The molecule has 5 nitrogen and oxygen atoms in total. The Labute approximate surface area is 168 Å². The molecule has 0 unspecified atom stereocenters. The first kappa shape index (κ1) is 22.5. The number of anilines is 1. The number of carbonyl (C=O) groups is 2. The van der Waals surface area contributed by atoms with Gasteiger partial charge >= 0.3 is 0 Å². The SMILES string of the molecule is CCCN(CC(=O)Nc1ccc(F)c(F)c1F)C(=O)c1cc(C)n(C(C)C)c1C. The second-order valence-electron chi connectivity index (χ2n) is 7.25. The Kier molecular flexibility index (Phi) is 7.11. The zero-order valence-electron chi connectivity index (χ0n) is 17.3. The molecule has 1 aromatic heterocycles. The number of aromatic nitrogens is 1. The predicted molar refractivity (Wildman–Crippen MR) is 105 cm³/mol. The zero-order chi connectivity index (χ0) is 21.9. The van der Waals surface area contributed by atoms with Gasteiger partial charge in [0.05, 0.1) is 11.3 Å². The van der Waals surface area contributed by atoms with Crippen LogP contribution in [0.1, 0.15) is 55.0 Å². The fourth-order valence-corrected chi connectivity index (χ4v) is 3.47. The van der Waals surface area contributed by atoms with Crippen LogP contribution in [0.4, 0.5) is 18.9 Å². The van der Waals surface area contributed by atoms with Crippen LogP contribution >= 0.6 is 0 Å². The van der Waals surface area contributed by atoms with Crippen LogP contribution in [0.3, 0.4) is 0 Å². The molecule has 1 heterocycles. The summed E-state index contributed by atoms with van der Waals surface area (Å²) in [6.45, 7) is 9.64. The van der Waals surface area contributed by atoms with Crippen molar-refractivity contribution in [2.75, 3.05) is 18.4 Å². The van der Waals surface area contributed by atoms with Crippen molar-refractivity contribution in [1.82, 2.24) is 9.47 Å². The maximum Gasteiger partial charge on any atom is 0.256 e. The van der Waals surface area contributed by atoms with Gasteiger partial charge in [-0.05, 0) is 52.3 Å². The first-order valence-electron chi connectivity index (χ1n) is 9.49. The molecule has 2 aromatic rings. The van der Waals surface area contributed by atoms with E-state index in [1.54, 1.807) is 6.07 Å². The molecular weight excluding hydrogens is 383 g/mol. The standard InChI is InChI=1S/C21H26F3N3O2/c1-6-9-26(21(29)15-10-13(4)27(12(2)3)14(15)5)11-18(28)25-17-8-7-16(22)19(23)20(17)24/h7-8,10,12H,6,9,11H2,1-5H3,(H,25,28). The second kappa shape index (κ2) is 9.15. The van der Waals surface area contributed by atoms with E-state index in [0.717, 1.165) is 23.5 Å². The molecule has 29 heavy (non-hydrogen) atoms. The minimum atomic E-state index is -1.66. The third kappa shape index (κ3) is 4.81. The Balaban J connectivity index is 2.22. The summed E-state index contributed by atoms with van der Waals surface area (Å²) >= 11 is 0. The van der Waals surface area contributed by atoms with E-state index >= 15 is 0 Å². The molecule has 0 aliphatic heterocycles. The molecule has 2 rings (SSSR count). The summed E-state index contributed by atoms with van der Waals surface area (Å²) < 4.78 is 42.2. The normalized spacial score (nSPS) is 11.1. The Morgan fingerprint density at radius 1 is 1.14 bits per heavy atom. The van der Waals surface area contributed by atoms with E-state index in [0.29, 0.717) is 18.5 Å². The summed E-state index contributed by atoms with van der Waals surface area (Å²) in [4.78, 5) is 26.8. The smallest absolute Gasteiger partial charge is 0.256 e. The molecule has 0 radical (unpaired) electrons. The second-order valence-corrected chi connectivity index (χ2v) is 7.25. The number of halogens is 3. The average molecular weight is 409 g/mol. The maximum atomic E-state index is 13.8. The van der Waals surface area contributed by atoms with E-state index < -0.39 is 29.0 Å². The minimum absolute atomic E-state index is 0.177. The van der Waals surface area contributed by atoms with Gasteiger partial charge in [-0.15, -0.1) is 0 Å². The molecule has 0 aliphatic carbocycles. The number of benzene rings is 1. The van der Waals surface area contributed by atoms with Crippen LogP contribution in [-0.2, 0) is 4.79 Å². The maximum absolute atomic E-state index is 13.8. The van der Waals surface area contributed by atoms with Crippen LogP contribution in [0.15, 0.2) is 18.2 Å². The molecule has 0 saturated carbocycles. The van der Waals surface area contributed by atoms with Gasteiger partial charge in [-0.1, -0.05) is 6.92 Å². The van der Waals surface area contributed by atoms with Crippen LogP contribution in [0.5, 0.6) is 0 Å². The van der Waals surface area contributed by atoms with Gasteiger partial charge in [0.2, 0.25) is 5.91 Å². The van der Waals surface area contributed by atoms with Gasteiger partial charge in [0.15, 0.2) is 17.5 Å². The van der Waals surface area contributed by atoms with E-state index in [4.69, 9.17) is 0 Å². The molecule has 0 bridgehead atoms. The number of aryl methyl sites for hydroxylation is 1.